The van der Waals surface area contributed by atoms with Crippen molar-refractivity contribution in [1.29, 1.82) is 0 Å². The Bertz CT molecular complexity index is 556. The van der Waals surface area contributed by atoms with Crippen LogP contribution in [0, 0.1) is 4.91 Å². The van der Waals surface area contributed by atoms with E-state index in [2.05, 4.69) is 126 Å². The number of nitroso groups, excluding NO2 is 1. The summed E-state index contributed by atoms with van der Waals surface area (Å²) in [6.45, 7) is 18.7. The average Bonchev–Trinajstić information content (AvgIpc) is 2.72. The summed E-state index contributed by atoms with van der Waals surface area (Å²) in [5.74, 6) is 0. The minimum Gasteiger partial charge on any atom is -0.577 e. The Kier molecular flexibility index (Phi) is 20.8. The van der Waals surface area contributed by atoms with Gasteiger partial charge in [0.2, 0.25) is 0 Å². The monoisotopic (exact) mass is 645 g/mol. The van der Waals surface area contributed by atoms with Crippen molar-refractivity contribution in [3.05, 3.63) is 71.2 Å². The molecule has 0 aliphatic rings. The molecular weight excluding hydrogens is 606 g/mol. The van der Waals surface area contributed by atoms with Crippen LogP contribution < -0.4 is 10.6 Å². The molecule has 0 aliphatic heterocycles. The molecule has 0 aromatic heterocycles. The van der Waals surface area contributed by atoms with Gasteiger partial charge in [0, 0.05) is 0 Å². The molecule has 0 fully saturated rings. The maximum Gasteiger partial charge on any atom is -0.423 e. The first kappa shape index (κ1) is 32.0. The number of hydrogen-bond donors (Lipinski definition) is 0. The van der Waals surface area contributed by atoms with E-state index in [1.54, 1.807) is 10.6 Å². The third kappa shape index (κ3) is 12.6. The van der Waals surface area contributed by atoms with E-state index in [1.807, 2.05) is 0 Å². The zero-order valence-electron chi connectivity index (χ0n) is 19.6. The van der Waals surface area contributed by atoms with Gasteiger partial charge in [-0.15, -0.1) is 0 Å². The molecular formula is C24H38ClNOOsP2-. The van der Waals surface area contributed by atoms with Gasteiger partial charge in [0.1, 0.15) is 0 Å². The smallest absolute Gasteiger partial charge is 0.423 e. The summed E-state index contributed by atoms with van der Waals surface area (Å²) >= 11 is 1.33. The first-order valence-corrected chi connectivity index (χ1v) is 16.3. The summed E-state index contributed by atoms with van der Waals surface area (Å²) < 4.78 is 0. The second kappa shape index (κ2) is 19.5. The van der Waals surface area contributed by atoms with Crippen molar-refractivity contribution < 1.29 is 17.6 Å². The van der Waals surface area contributed by atoms with E-state index in [9.17, 15) is 0 Å². The summed E-state index contributed by atoms with van der Waals surface area (Å²) in [6.07, 6.45) is 0. The third-order valence-electron chi connectivity index (χ3n) is 4.33. The Labute approximate surface area is 202 Å². The van der Waals surface area contributed by atoms with Gasteiger partial charge in [-0.25, -0.2) is 0 Å². The zero-order valence-corrected chi connectivity index (χ0v) is 24.6. The molecule has 0 heterocycles. The van der Waals surface area contributed by atoms with Gasteiger partial charge in [-0.3, -0.25) is 0 Å². The number of rotatable bonds is 6. The van der Waals surface area contributed by atoms with Gasteiger partial charge in [0.05, 0.1) is 0 Å². The fraction of sp³-hybridized carbons (Fsp3) is 0.500. The molecule has 0 atom stereocenters. The van der Waals surface area contributed by atoms with Crippen molar-refractivity contribution >= 4 is 36.1 Å². The topological polar surface area (TPSA) is 39.4 Å². The molecule has 0 saturated heterocycles. The molecule has 171 valence electrons. The number of halogens is 1. The molecule has 0 aliphatic carbocycles. The van der Waals surface area contributed by atoms with E-state index in [1.165, 1.54) is 17.6 Å². The molecule has 0 bridgehead atoms. The van der Waals surface area contributed by atoms with E-state index in [0.717, 1.165) is 22.6 Å². The molecule has 0 unspecified atom stereocenters. The van der Waals surface area contributed by atoms with Gasteiger partial charge < -0.3 is 10.5 Å². The Balaban J connectivity index is 0. The van der Waals surface area contributed by atoms with Gasteiger partial charge in [0.15, 0.2) is 0 Å². The molecule has 2 rings (SSSR count). The predicted octanol–water partition coefficient (Wildman–Crippen LogP) is 8.23. The summed E-state index contributed by atoms with van der Waals surface area (Å²) in [7, 11) is 4.72. The molecule has 6 heteroatoms. The Morgan fingerprint density at radius 3 is 0.933 bits per heavy atom. The van der Waals surface area contributed by atoms with Crippen molar-refractivity contribution in [2.45, 2.75) is 78.0 Å². The summed E-state index contributed by atoms with van der Waals surface area (Å²) in [6, 6.07) is 21.9. The van der Waals surface area contributed by atoms with Gasteiger partial charge in [-0.2, -0.15) is 0 Å². The van der Waals surface area contributed by atoms with Crippen LogP contribution in [0.3, 0.4) is 0 Å². The van der Waals surface area contributed by atoms with Crippen LogP contribution in [0.2, 0.25) is 0 Å². The van der Waals surface area contributed by atoms with E-state index in [4.69, 9.17) is 10.5 Å². The Morgan fingerprint density at radius 2 is 0.767 bits per heavy atom. The van der Waals surface area contributed by atoms with Crippen LogP contribution in [0.15, 0.2) is 60.7 Å². The Hall–Kier alpha value is -0.174. The van der Waals surface area contributed by atoms with Crippen molar-refractivity contribution in [2.24, 2.45) is 0 Å². The zero-order chi connectivity index (χ0) is 23.7. The summed E-state index contributed by atoms with van der Waals surface area (Å²) in [5, 5.41) is 3.09. The fourth-order valence-electron chi connectivity index (χ4n) is 3.59. The molecule has 2 aromatic carbocycles. The fourth-order valence-corrected chi connectivity index (χ4v) is 9.39. The maximum atomic E-state index is 7.25. The van der Waals surface area contributed by atoms with E-state index in [-0.39, 0.29) is 15.8 Å². The van der Waals surface area contributed by atoms with Crippen molar-refractivity contribution in [2.75, 3.05) is 0 Å². The van der Waals surface area contributed by atoms with Crippen molar-refractivity contribution in [3.8, 4) is 0 Å². The molecule has 0 N–H and O–H groups in total. The van der Waals surface area contributed by atoms with Gasteiger partial charge in [-0.1, -0.05) is 132 Å². The minimum absolute atomic E-state index is 0.0262. The number of benzene rings is 2. The SMILES string of the molecule is CC(C)P(c1ccccc1)C(C)C.CC(C)P(c1ccccc1)C(C)C.[Cl][Os].[N-]=O. The Morgan fingerprint density at radius 1 is 0.567 bits per heavy atom. The largest absolute Gasteiger partial charge is 0.577 e. The van der Waals surface area contributed by atoms with Crippen molar-refractivity contribution in [1.82, 2.24) is 0 Å². The predicted molar refractivity (Wildman–Crippen MR) is 139 cm³/mol. The first-order valence-electron chi connectivity index (χ1n) is 10.2. The number of hydrogen-bond acceptors (Lipinski definition) is 1. The van der Waals surface area contributed by atoms with Crippen LogP contribution in [0.5, 0.6) is 0 Å². The first-order chi connectivity index (χ1) is 14.3. The van der Waals surface area contributed by atoms with Crippen LogP contribution in [-0.4, -0.2) is 22.6 Å². The second-order valence-electron chi connectivity index (χ2n) is 7.86. The minimum atomic E-state index is 0.0262. The standard InChI is InChI=1S/2C12H19P.ClH.NO.Os/c2*1-10(2)13(11(3)4)12-8-6-5-7-9-12;;1-2;/h2*5-11H,1-4H3;1H;;/q;;;-1;+1/p-1. The quantitative estimate of drug-likeness (QED) is 0.292. The van der Waals surface area contributed by atoms with Crippen LogP contribution in [0.25, 0.3) is 5.59 Å². The van der Waals surface area contributed by atoms with E-state index in [0.29, 0.717) is 0 Å². The van der Waals surface area contributed by atoms with Gasteiger partial charge >= 0.3 is 27.2 Å². The maximum absolute atomic E-state index is 7.25. The van der Waals surface area contributed by atoms with Crippen LogP contribution in [0.4, 0.5) is 0 Å². The normalized spacial score (nSPS) is 10.4. The third-order valence-corrected chi connectivity index (χ3v) is 10.6. The average molecular weight is 644 g/mol. The van der Waals surface area contributed by atoms with E-state index < -0.39 is 0 Å². The molecule has 0 amide bonds. The molecule has 30 heavy (non-hydrogen) atoms. The number of nitrogens with zero attached hydrogens (tertiary/aromatic N) is 1. The van der Waals surface area contributed by atoms with Crippen LogP contribution >= 0.6 is 25.5 Å². The van der Waals surface area contributed by atoms with Gasteiger partial charge in [0.25, 0.3) is 0 Å². The van der Waals surface area contributed by atoms with E-state index >= 15 is 0 Å². The van der Waals surface area contributed by atoms with Crippen LogP contribution in [0.1, 0.15) is 55.4 Å². The van der Waals surface area contributed by atoms with Crippen molar-refractivity contribution in [3.63, 3.8) is 0 Å². The molecule has 0 radical (unpaired) electrons. The summed E-state index contributed by atoms with van der Waals surface area (Å²) in [4.78, 5) is 7.25. The molecule has 2 aromatic rings. The van der Waals surface area contributed by atoms with Crippen LogP contribution in [-0.2, 0) is 17.6 Å². The molecule has 0 saturated carbocycles. The van der Waals surface area contributed by atoms with Gasteiger partial charge in [-0.05, 0) is 33.2 Å². The summed E-state index contributed by atoms with van der Waals surface area (Å²) in [5.41, 5.74) is 8.91. The molecule has 0 spiro atoms. The second-order valence-corrected chi connectivity index (χ2v) is 14.7. The molecule has 2 nitrogen and oxygen atoms in total.